The number of halogens is 3. The van der Waals surface area contributed by atoms with Crippen molar-refractivity contribution in [3.05, 3.63) is 12.0 Å². The number of carbonyl (C=O) groups excluding carboxylic acids is 1. The van der Waals surface area contributed by atoms with Crippen molar-refractivity contribution in [3.63, 3.8) is 0 Å². The van der Waals surface area contributed by atoms with Crippen LogP contribution in [0.3, 0.4) is 0 Å². The molecule has 0 aliphatic carbocycles. The number of nitrogens with zero attached hydrogens (tertiary/aromatic N) is 1. The molecular weight excluding hydrogens is 193 g/mol. The van der Waals surface area contributed by atoms with Gasteiger partial charge in [0.1, 0.15) is 0 Å². The van der Waals surface area contributed by atoms with Gasteiger partial charge in [-0.05, 0) is 0 Å². The summed E-state index contributed by atoms with van der Waals surface area (Å²) < 4.78 is 43.5. The Labute approximate surface area is 69.3 Å². The highest BCUT2D eigenvalue weighted by atomic mass is 19.4. The van der Waals surface area contributed by atoms with Crippen LogP contribution in [0.4, 0.5) is 18.0 Å². The van der Waals surface area contributed by atoms with Crippen LogP contribution in [0, 0.1) is 0 Å². The number of amides is 1. The van der Waals surface area contributed by atoms with E-state index in [0.29, 0.717) is 6.20 Å². The lowest BCUT2D eigenvalue weighted by Crippen LogP contribution is -2.16. The quantitative estimate of drug-likeness (QED) is 0.730. The first kappa shape index (κ1) is 9.36. The highest BCUT2D eigenvalue weighted by molar-refractivity contribution is 5.66. The summed E-state index contributed by atoms with van der Waals surface area (Å²) in [6.45, 7) is 0. The lowest BCUT2D eigenvalue weighted by atomic mass is 10.5. The van der Waals surface area contributed by atoms with E-state index in [1.165, 1.54) is 0 Å². The van der Waals surface area contributed by atoms with Crippen LogP contribution in [0.5, 0.6) is 6.08 Å². The van der Waals surface area contributed by atoms with E-state index in [0.717, 1.165) is 0 Å². The molecular formula is C5H3F3N2O3. The molecule has 0 aliphatic heterocycles. The van der Waals surface area contributed by atoms with Crippen molar-refractivity contribution in [1.29, 1.82) is 0 Å². The minimum atomic E-state index is -4.66. The van der Waals surface area contributed by atoms with Crippen molar-refractivity contribution in [3.8, 4) is 6.08 Å². The maximum absolute atomic E-state index is 11.8. The first-order valence-corrected chi connectivity index (χ1v) is 2.90. The summed E-state index contributed by atoms with van der Waals surface area (Å²) in [6, 6.07) is 0. The van der Waals surface area contributed by atoms with Gasteiger partial charge in [-0.1, -0.05) is 0 Å². The van der Waals surface area contributed by atoms with Crippen LogP contribution in [0.25, 0.3) is 0 Å². The summed E-state index contributed by atoms with van der Waals surface area (Å²) in [5.74, 6) is -1.36. The van der Waals surface area contributed by atoms with E-state index in [1.54, 1.807) is 0 Å². The topological polar surface area (TPSA) is 78.4 Å². The number of ether oxygens (including phenoxy) is 1. The van der Waals surface area contributed by atoms with Gasteiger partial charge in [-0.15, -0.1) is 0 Å². The number of alkyl halides is 3. The molecule has 0 spiro atoms. The number of carbonyl (C=O) groups is 1. The van der Waals surface area contributed by atoms with E-state index in [1.807, 2.05) is 0 Å². The molecule has 0 unspecified atom stereocenters. The molecule has 13 heavy (non-hydrogen) atoms. The van der Waals surface area contributed by atoms with Gasteiger partial charge in [0.15, 0.2) is 0 Å². The van der Waals surface area contributed by atoms with E-state index in [4.69, 9.17) is 0 Å². The highest BCUT2D eigenvalue weighted by Crippen LogP contribution is 2.31. The van der Waals surface area contributed by atoms with Crippen molar-refractivity contribution in [2.45, 2.75) is 6.18 Å². The molecule has 1 heterocycles. The van der Waals surface area contributed by atoms with Crippen LogP contribution in [-0.4, -0.2) is 11.1 Å². The van der Waals surface area contributed by atoms with Crippen LogP contribution in [-0.2, 0) is 6.18 Å². The van der Waals surface area contributed by atoms with E-state index < -0.39 is 24.1 Å². The van der Waals surface area contributed by atoms with E-state index in [2.05, 4.69) is 19.9 Å². The Hall–Kier alpha value is -1.73. The second-order valence-electron chi connectivity index (χ2n) is 1.91. The number of primary amides is 1. The Kier molecular flexibility index (Phi) is 2.13. The summed E-state index contributed by atoms with van der Waals surface area (Å²) >= 11 is 0. The number of nitrogens with two attached hydrogens (primary N) is 1. The largest absolute Gasteiger partial charge is 0.451 e. The molecule has 0 saturated carbocycles. The number of hydrogen-bond acceptors (Lipinski definition) is 4. The molecule has 8 heteroatoms. The third kappa shape index (κ3) is 2.36. The van der Waals surface area contributed by atoms with Crippen LogP contribution < -0.4 is 10.5 Å². The lowest BCUT2D eigenvalue weighted by Gasteiger charge is -1.98. The molecule has 5 nitrogen and oxygen atoms in total. The summed E-state index contributed by atoms with van der Waals surface area (Å²) in [4.78, 5) is 13.1. The second-order valence-corrected chi connectivity index (χ2v) is 1.91. The van der Waals surface area contributed by atoms with E-state index in [9.17, 15) is 18.0 Å². The molecule has 0 aliphatic rings. The predicted octanol–water partition coefficient (Wildman–Crippen LogP) is 1.15. The van der Waals surface area contributed by atoms with Crippen LogP contribution >= 0.6 is 0 Å². The molecule has 0 saturated heterocycles. The normalized spacial score (nSPS) is 11.3. The molecule has 2 N–H and O–H groups in total. The molecule has 1 rings (SSSR count). The fourth-order valence-electron chi connectivity index (χ4n) is 0.522. The van der Waals surface area contributed by atoms with Crippen LogP contribution in [0.2, 0.25) is 0 Å². The molecule has 0 bridgehead atoms. The Balaban J connectivity index is 2.81. The number of oxazole rings is 1. The van der Waals surface area contributed by atoms with Crippen molar-refractivity contribution in [2.75, 3.05) is 0 Å². The number of rotatable bonds is 1. The van der Waals surface area contributed by atoms with Gasteiger partial charge < -0.3 is 14.9 Å². The van der Waals surface area contributed by atoms with Crippen molar-refractivity contribution >= 4 is 6.09 Å². The fourth-order valence-corrected chi connectivity index (χ4v) is 0.522. The van der Waals surface area contributed by atoms with E-state index in [-0.39, 0.29) is 0 Å². The first-order chi connectivity index (χ1) is 5.89. The van der Waals surface area contributed by atoms with Gasteiger partial charge in [-0.25, -0.2) is 4.79 Å². The van der Waals surface area contributed by atoms with Crippen molar-refractivity contribution < 1.29 is 27.1 Å². The molecule has 1 aromatic rings. The Bertz CT molecular complexity index is 319. The van der Waals surface area contributed by atoms with Gasteiger partial charge in [0.05, 0.1) is 6.20 Å². The number of aromatic nitrogens is 1. The van der Waals surface area contributed by atoms with Gasteiger partial charge in [-0.2, -0.15) is 18.2 Å². The SMILES string of the molecule is NC(=O)Oc1ncc(C(F)(F)F)o1. The minimum absolute atomic E-state index is 0.387. The van der Waals surface area contributed by atoms with E-state index >= 15 is 0 Å². The first-order valence-electron chi connectivity index (χ1n) is 2.90. The molecule has 0 aromatic carbocycles. The van der Waals surface area contributed by atoms with Gasteiger partial charge in [-0.3, -0.25) is 0 Å². The molecule has 1 aromatic heterocycles. The Morgan fingerprint density at radius 3 is 2.62 bits per heavy atom. The van der Waals surface area contributed by atoms with Crippen molar-refractivity contribution in [1.82, 2.24) is 4.98 Å². The zero-order chi connectivity index (χ0) is 10.1. The lowest BCUT2D eigenvalue weighted by molar-refractivity contribution is -0.153. The smallest absolute Gasteiger partial charge is 0.404 e. The molecule has 0 fully saturated rings. The summed E-state index contributed by atoms with van der Waals surface area (Å²) in [5, 5.41) is 0. The molecule has 72 valence electrons. The monoisotopic (exact) mass is 196 g/mol. The standard InChI is InChI=1S/C5H3F3N2O3/c6-5(7,8)2-1-10-4(12-2)13-3(9)11/h1H,(H2,9,11). The second kappa shape index (κ2) is 2.96. The van der Waals surface area contributed by atoms with Crippen LogP contribution in [0.15, 0.2) is 10.6 Å². The minimum Gasteiger partial charge on any atom is -0.404 e. The maximum atomic E-state index is 11.8. The Morgan fingerprint density at radius 1 is 1.62 bits per heavy atom. The average molecular weight is 196 g/mol. The zero-order valence-electron chi connectivity index (χ0n) is 5.96. The average Bonchev–Trinajstić information content (AvgIpc) is 2.32. The fraction of sp³-hybridized carbons (Fsp3) is 0.200. The molecule has 1 amide bonds. The summed E-state index contributed by atoms with van der Waals surface area (Å²) in [7, 11) is 0. The van der Waals surface area contributed by atoms with Crippen LogP contribution in [0.1, 0.15) is 5.76 Å². The zero-order valence-corrected chi connectivity index (χ0v) is 5.96. The maximum Gasteiger partial charge on any atom is 0.451 e. The summed E-state index contributed by atoms with van der Waals surface area (Å²) in [5.41, 5.74) is 4.50. The third-order valence-corrected chi connectivity index (χ3v) is 0.952. The Morgan fingerprint density at radius 2 is 2.23 bits per heavy atom. The third-order valence-electron chi connectivity index (χ3n) is 0.952. The van der Waals surface area contributed by atoms with Crippen molar-refractivity contribution in [2.24, 2.45) is 5.73 Å². The molecule has 0 radical (unpaired) electrons. The predicted molar refractivity (Wildman–Crippen MR) is 31.7 cm³/mol. The van der Waals surface area contributed by atoms with Gasteiger partial charge in [0.2, 0.25) is 5.76 Å². The van der Waals surface area contributed by atoms with Gasteiger partial charge >= 0.3 is 18.3 Å². The highest BCUT2D eigenvalue weighted by Gasteiger charge is 2.36. The molecule has 0 atom stereocenters. The van der Waals surface area contributed by atoms with Gasteiger partial charge in [0, 0.05) is 0 Å². The van der Waals surface area contributed by atoms with Gasteiger partial charge in [0.25, 0.3) is 0 Å². The summed E-state index contributed by atoms with van der Waals surface area (Å²) in [6.07, 6.45) is -6.40. The number of hydrogen-bond donors (Lipinski definition) is 1.